The zero-order valence-corrected chi connectivity index (χ0v) is 16.7. The van der Waals surface area contributed by atoms with Crippen molar-refractivity contribution in [2.24, 2.45) is 5.92 Å². The molecule has 1 N–H and O–H groups in total. The molecule has 0 saturated carbocycles. The first kappa shape index (κ1) is 19.3. The first-order valence-corrected chi connectivity index (χ1v) is 10.1. The van der Waals surface area contributed by atoms with Crippen molar-refractivity contribution in [1.29, 1.82) is 0 Å². The molecule has 1 aromatic carbocycles. The molecular weight excluding hydrogens is 394 g/mol. The molecule has 0 unspecified atom stereocenters. The van der Waals surface area contributed by atoms with Gasteiger partial charge in [-0.05, 0) is 49.8 Å². The van der Waals surface area contributed by atoms with Gasteiger partial charge >= 0.3 is 5.97 Å². The summed E-state index contributed by atoms with van der Waals surface area (Å²) in [5.41, 5.74) is 0.961. The van der Waals surface area contributed by atoms with E-state index >= 15 is 0 Å². The van der Waals surface area contributed by atoms with Crippen LogP contribution in [0.4, 0.5) is 5.69 Å². The minimum absolute atomic E-state index is 0.109. The Labute approximate surface area is 169 Å². The third-order valence-corrected chi connectivity index (χ3v) is 6.31. The number of fused-ring (bicyclic) bond motifs is 3. The minimum atomic E-state index is -0.771. The van der Waals surface area contributed by atoms with E-state index in [1.807, 2.05) is 0 Å². The highest BCUT2D eigenvalue weighted by atomic mass is 32.1. The van der Waals surface area contributed by atoms with Gasteiger partial charge in [0, 0.05) is 17.0 Å². The van der Waals surface area contributed by atoms with Crippen molar-refractivity contribution in [3.05, 3.63) is 66.6 Å². The Balaban J connectivity index is 1.58. The molecule has 1 aliphatic rings. The quantitative estimate of drug-likeness (QED) is 0.394. The maximum absolute atomic E-state index is 12.7. The molecule has 2 aromatic heterocycles. The summed E-state index contributed by atoms with van der Waals surface area (Å²) in [4.78, 5) is 44.4. The van der Waals surface area contributed by atoms with Gasteiger partial charge in [-0.2, -0.15) is 0 Å². The van der Waals surface area contributed by atoms with E-state index in [-0.39, 0.29) is 22.6 Å². The number of non-ortho nitro benzene ring substituents is 1. The number of nitrogens with one attached hydrogen (secondary N) is 1. The van der Waals surface area contributed by atoms with Crippen molar-refractivity contribution >= 4 is 33.2 Å². The molecule has 0 spiro atoms. The summed E-state index contributed by atoms with van der Waals surface area (Å²) in [6.07, 6.45) is 2.12. The summed E-state index contributed by atoms with van der Waals surface area (Å²) in [5.74, 6) is 0.231. The van der Waals surface area contributed by atoms with Crippen LogP contribution in [-0.2, 0) is 17.6 Å². The summed E-state index contributed by atoms with van der Waals surface area (Å²) in [6, 6.07) is 5.15. The average Bonchev–Trinajstić information content (AvgIpc) is 3.05. The van der Waals surface area contributed by atoms with E-state index in [0.29, 0.717) is 16.1 Å². The maximum Gasteiger partial charge on any atom is 0.338 e. The number of thiophene rings is 1. The Morgan fingerprint density at radius 1 is 1.38 bits per heavy atom. The lowest BCUT2D eigenvalue weighted by Gasteiger charge is -2.17. The topological polar surface area (TPSA) is 115 Å². The predicted octanol–water partition coefficient (Wildman–Crippen LogP) is 3.94. The number of esters is 1. The second-order valence-corrected chi connectivity index (χ2v) is 8.42. The molecule has 0 fully saturated rings. The van der Waals surface area contributed by atoms with Crippen LogP contribution in [0.25, 0.3) is 10.2 Å². The van der Waals surface area contributed by atoms with Gasteiger partial charge in [-0.15, -0.1) is 11.3 Å². The van der Waals surface area contributed by atoms with Crippen LogP contribution in [0.2, 0.25) is 0 Å². The fraction of sp³-hybridized carbons (Fsp3) is 0.350. The van der Waals surface area contributed by atoms with Gasteiger partial charge in [0.05, 0.1) is 15.9 Å². The number of carbonyl (C=O) groups excluding carboxylic acids is 1. The smallest absolute Gasteiger partial charge is 0.338 e. The number of carbonyl (C=O) groups is 1. The van der Waals surface area contributed by atoms with Crippen LogP contribution in [-0.4, -0.2) is 20.9 Å². The molecule has 2 atom stereocenters. The van der Waals surface area contributed by atoms with E-state index in [1.165, 1.54) is 40.5 Å². The summed E-state index contributed by atoms with van der Waals surface area (Å²) >= 11 is 1.53. The number of hydrogen-bond donors (Lipinski definition) is 1. The molecule has 2 heterocycles. The molecule has 150 valence electrons. The highest BCUT2D eigenvalue weighted by Crippen LogP contribution is 2.36. The highest BCUT2D eigenvalue weighted by Gasteiger charge is 2.24. The molecular formula is C20H19N3O5S. The zero-order chi connectivity index (χ0) is 20.7. The van der Waals surface area contributed by atoms with Crippen molar-refractivity contribution in [3.8, 4) is 0 Å². The SMILES string of the molecule is C[C@H]1CCc2c(sc3nc([C@H](C)OC(=O)c4ccc([N+](=O)[O-])cc4)[nH]c(=O)c23)C1. The minimum Gasteiger partial charge on any atom is -0.451 e. The molecule has 29 heavy (non-hydrogen) atoms. The first-order valence-electron chi connectivity index (χ1n) is 9.33. The van der Waals surface area contributed by atoms with Crippen LogP contribution in [0.3, 0.4) is 0 Å². The number of H-pyrrole nitrogens is 1. The number of rotatable bonds is 4. The maximum atomic E-state index is 12.7. The van der Waals surface area contributed by atoms with Gasteiger partial charge in [0.25, 0.3) is 11.2 Å². The predicted molar refractivity (Wildman–Crippen MR) is 108 cm³/mol. The van der Waals surface area contributed by atoms with Crippen LogP contribution in [0, 0.1) is 16.0 Å². The van der Waals surface area contributed by atoms with E-state index < -0.39 is 17.0 Å². The lowest BCUT2D eigenvalue weighted by molar-refractivity contribution is -0.384. The monoisotopic (exact) mass is 413 g/mol. The number of ether oxygens (including phenoxy) is 1. The van der Waals surface area contributed by atoms with Crippen molar-refractivity contribution in [1.82, 2.24) is 9.97 Å². The van der Waals surface area contributed by atoms with Crippen molar-refractivity contribution in [2.45, 2.75) is 39.2 Å². The Morgan fingerprint density at radius 3 is 2.79 bits per heavy atom. The van der Waals surface area contributed by atoms with Gasteiger partial charge in [0.15, 0.2) is 11.9 Å². The van der Waals surface area contributed by atoms with Crippen LogP contribution >= 0.6 is 11.3 Å². The zero-order valence-electron chi connectivity index (χ0n) is 15.9. The van der Waals surface area contributed by atoms with Gasteiger partial charge in [-0.3, -0.25) is 14.9 Å². The van der Waals surface area contributed by atoms with Gasteiger partial charge in [0.2, 0.25) is 0 Å². The average molecular weight is 413 g/mol. The fourth-order valence-corrected chi connectivity index (χ4v) is 4.95. The third-order valence-electron chi connectivity index (χ3n) is 5.17. The van der Waals surface area contributed by atoms with Crippen molar-refractivity contribution in [2.75, 3.05) is 0 Å². The van der Waals surface area contributed by atoms with Gasteiger partial charge in [-0.1, -0.05) is 6.92 Å². The molecule has 8 nitrogen and oxygen atoms in total. The van der Waals surface area contributed by atoms with E-state index in [2.05, 4.69) is 16.9 Å². The number of aromatic amines is 1. The molecule has 0 bridgehead atoms. The normalized spacial score (nSPS) is 17.0. The summed E-state index contributed by atoms with van der Waals surface area (Å²) < 4.78 is 5.41. The molecule has 3 aromatic rings. The van der Waals surface area contributed by atoms with Gasteiger partial charge in [0.1, 0.15) is 4.83 Å². The third kappa shape index (κ3) is 3.65. The van der Waals surface area contributed by atoms with Crippen molar-refractivity contribution < 1.29 is 14.5 Å². The Bertz CT molecular complexity index is 1170. The number of aryl methyl sites for hydroxylation is 1. The standard InChI is InChI=1S/C20H19N3O5S/c1-10-3-8-14-15(9-10)29-19-16(14)18(24)21-17(22-19)11(2)28-20(25)12-4-6-13(7-5-12)23(26)27/h4-7,10-11H,3,8-9H2,1-2H3,(H,21,22,24)/t10-,11-/m0/s1. The number of nitro benzene ring substituents is 1. The Hall–Kier alpha value is -3.07. The van der Waals surface area contributed by atoms with Crippen LogP contribution in [0.5, 0.6) is 0 Å². The number of benzene rings is 1. The molecule has 9 heteroatoms. The molecule has 0 radical (unpaired) electrons. The summed E-state index contributed by atoms with van der Waals surface area (Å²) in [5, 5.41) is 11.4. The lowest BCUT2D eigenvalue weighted by Crippen LogP contribution is -2.18. The Morgan fingerprint density at radius 2 is 2.10 bits per heavy atom. The van der Waals surface area contributed by atoms with E-state index in [9.17, 15) is 19.7 Å². The molecule has 0 aliphatic heterocycles. The molecule has 4 rings (SSSR count). The van der Waals surface area contributed by atoms with Crippen LogP contribution in [0.1, 0.15) is 53.0 Å². The second kappa shape index (κ2) is 7.40. The molecule has 1 aliphatic carbocycles. The molecule has 0 saturated heterocycles. The number of hydrogen-bond acceptors (Lipinski definition) is 7. The number of aromatic nitrogens is 2. The fourth-order valence-electron chi connectivity index (χ4n) is 3.56. The highest BCUT2D eigenvalue weighted by molar-refractivity contribution is 7.18. The van der Waals surface area contributed by atoms with E-state index in [1.54, 1.807) is 6.92 Å². The van der Waals surface area contributed by atoms with Crippen LogP contribution < -0.4 is 5.56 Å². The first-order chi connectivity index (χ1) is 13.8. The van der Waals surface area contributed by atoms with E-state index in [4.69, 9.17) is 4.74 Å². The summed E-state index contributed by atoms with van der Waals surface area (Å²) in [7, 11) is 0. The Kier molecular flexibility index (Phi) is 4.91. The van der Waals surface area contributed by atoms with E-state index in [0.717, 1.165) is 24.8 Å². The molecule has 0 amide bonds. The largest absolute Gasteiger partial charge is 0.451 e. The van der Waals surface area contributed by atoms with Gasteiger partial charge < -0.3 is 9.72 Å². The lowest BCUT2D eigenvalue weighted by atomic mass is 9.89. The van der Waals surface area contributed by atoms with Crippen molar-refractivity contribution in [3.63, 3.8) is 0 Å². The second-order valence-electron chi connectivity index (χ2n) is 7.33. The van der Waals surface area contributed by atoms with Gasteiger partial charge in [-0.25, -0.2) is 9.78 Å². The van der Waals surface area contributed by atoms with Crippen LogP contribution in [0.15, 0.2) is 29.1 Å². The number of nitrogens with zero attached hydrogens (tertiary/aromatic N) is 2. The summed E-state index contributed by atoms with van der Waals surface area (Å²) in [6.45, 7) is 3.83. The number of nitro groups is 1.